The lowest BCUT2D eigenvalue weighted by Gasteiger charge is -2.27. The van der Waals surface area contributed by atoms with Crippen LogP contribution in [0.2, 0.25) is 0 Å². The summed E-state index contributed by atoms with van der Waals surface area (Å²) in [5, 5.41) is 3.90. The molecule has 2 saturated heterocycles. The summed E-state index contributed by atoms with van der Waals surface area (Å²) in [5.74, 6) is -0.173. The third-order valence-corrected chi connectivity index (χ3v) is 7.52. The maximum absolute atomic E-state index is 12.6. The Morgan fingerprint density at radius 3 is 2.46 bits per heavy atom. The normalized spacial score (nSPS) is 21.3. The number of rotatable bonds is 3. The quantitative estimate of drug-likeness (QED) is 0.424. The first kappa shape index (κ1) is 19.6. The molecule has 0 aliphatic carbocycles. The fourth-order valence-corrected chi connectivity index (χ4v) is 5.94. The SMILES string of the molecule is CCN1C(=O)/C(=C2/SC(=S)N(c3cccc(S(=O)(=O)O)c3)N2C)SC1=S. The van der Waals surface area contributed by atoms with Crippen molar-refractivity contribution in [3.05, 3.63) is 34.2 Å². The molecule has 12 heteroatoms. The number of hydrogen-bond acceptors (Lipinski definition) is 8. The number of carbonyl (C=O) groups is 1. The number of thiocarbonyl (C=S) groups is 2. The van der Waals surface area contributed by atoms with Crippen molar-refractivity contribution in [3.63, 3.8) is 0 Å². The third kappa shape index (κ3) is 3.37. The second kappa shape index (κ2) is 7.09. The van der Waals surface area contributed by atoms with E-state index in [2.05, 4.69) is 0 Å². The van der Waals surface area contributed by atoms with Crippen molar-refractivity contribution >= 4 is 78.3 Å². The van der Waals surface area contributed by atoms with Crippen molar-refractivity contribution in [2.45, 2.75) is 11.8 Å². The molecule has 1 aromatic rings. The molecule has 0 aromatic heterocycles. The summed E-state index contributed by atoms with van der Waals surface area (Å²) < 4.78 is 33.0. The van der Waals surface area contributed by atoms with Crippen LogP contribution in [0.3, 0.4) is 0 Å². The van der Waals surface area contributed by atoms with Gasteiger partial charge in [-0.25, -0.2) is 5.01 Å². The third-order valence-electron chi connectivity index (χ3n) is 3.67. The number of carbonyl (C=O) groups excluding carboxylic acids is 1. The van der Waals surface area contributed by atoms with Gasteiger partial charge in [-0.3, -0.25) is 19.3 Å². The lowest BCUT2D eigenvalue weighted by molar-refractivity contribution is -0.122. The topological polar surface area (TPSA) is 81.2 Å². The Morgan fingerprint density at radius 2 is 1.88 bits per heavy atom. The molecule has 2 heterocycles. The van der Waals surface area contributed by atoms with Gasteiger partial charge in [-0.05, 0) is 36.9 Å². The van der Waals surface area contributed by atoms with E-state index in [1.54, 1.807) is 23.1 Å². The number of benzene rings is 1. The fourth-order valence-electron chi connectivity index (χ4n) is 2.45. The number of hydrogen-bond donors (Lipinski definition) is 1. The predicted octanol–water partition coefficient (Wildman–Crippen LogP) is 2.67. The first-order chi connectivity index (χ1) is 12.1. The van der Waals surface area contributed by atoms with E-state index in [1.165, 1.54) is 46.6 Å². The van der Waals surface area contributed by atoms with Crippen molar-refractivity contribution in [2.24, 2.45) is 0 Å². The number of likely N-dealkylation sites (N-methyl/N-ethyl adjacent to an activating group) is 1. The zero-order chi connectivity index (χ0) is 19.2. The molecule has 1 aromatic carbocycles. The molecule has 138 valence electrons. The van der Waals surface area contributed by atoms with Crippen molar-refractivity contribution in [3.8, 4) is 0 Å². The van der Waals surface area contributed by atoms with Crippen molar-refractivity contribution < 1.29 is 17.8 Å². The smallest absolute Gasteiger partial charge is 0.293 e. The van der Waals surface area contributed by atoms with Gasteiger partial charge in [0.05, 0.1) is 10.6 Å². The molecule has 2 fully saturated rings. The van der Waals surface area contributed by atoms with Gasteiger partial charge < -0.3 is 0 Å². The highest BCUT2D eigenvalue weighted by Crippen LogP contribution is 2.44. The van der Waals surface area contributed by atoms with Gasteiger partial charge in [-0.1, -0.05) is 42.3 Å². The number of amides is 1. The molecular weight excluding hydrogens is 435 g/mol. The molecule has 2 aliphatic heterocycles. The molecule has 0 bridgehead atoms. The minimum absolute atomic E-state index is 0.173. The van der Waals surface area contributed by atoms with E-state index >= 15 is 0 Å². The van der Waals surface area contributed by atoms with E-state index in [4.69, 9.17) is 24.4 Å². The lowest BCUT2D eigenvalue weighted by atomic mass is 10.3. The summed E-state index contributed by atoms with van der Waals surface area (Å²) in [6.45, 7) is 2.34. The van der Waals surface area contributed by atoms with Crippen LogP contribution >= 0.6 is 48.0 Å². The van der Waals surface area contributed by atoms with Gasteiger partial charge in [0.2, 0.25) is 0 Å². The minimum Gasteiger partial charge on any atom is -0.293 e. The van der Waals surface area contributed by atoms with Crippen molar-refractivity contribution in [1.29, 1.82) is 0 Å². The predicted molar refractivity (Wildman–Crippen MR) is 111 cm³/mol. The van der Waals surface area contributed by atoms with E-state index in [1.807, 2.05) is 6.92 Å². The first-order valence-electron chi connectivity index (χ1n) is 7.26. The second-order valence-electron chi connectivity index (χ2n) is 5.23. The van der Waals surface area contributed by atoms with Crippen LogP contribution in [0.1, 0.15) is 6.92 Å². The van der Waals surface area contributed by atoms with Crippen LogP contribution in [-0.2, 0) is 14.9 Å². The highest BCUT2D eigenvalue weighted by molar-refractivity contribution is 8.29. The van der Waals surface area contributed by atoms with Gasteiger partial charge in [0, 0.05) is 13.6 Å². The summed E-state index contributed by atoms with van der Waals surface area (Å²) in [6, 6.07) is 5.78. The summed E-state index contributed by atoms with van der Waals surface area (Å²) >= 11 is 13.1. The summed E-state index contributed by atoms with van der Waals surface area (Å²) in [6.07, 6.45) is 0. The molecular formula is C14H13N3O4S5. The maximum atomic E-state index is 12.6. The lowest BCUT2D eigenvalue weighted by Crippen LogP contribution is -2.35. The Balaban J connectivity index is 2.01. The Morgan fingerprint density at radius 1 is 1.19 bits per heavy atom. The van der Waals surface area contributed by atoms with Crippen molar-refractivity contribution in [1.82, 2.24) is 9.91 Å². The summed E-state index contributed by atoms with van der Waals surface area (Å²) in [7, 11) is -2.61. The first-order valence-corrected chi connectivity index (χ1v) is 11.1. The molecule has 1 N–H and O–H groups in total. The summed E-state index contributed by atoms with van der Waals surface area (Å²) in [4.78, 5) is 14.3. The molecule has 0 saturated carbocycles. The fraction of sp³-hybridized carbons (Fsp3) is 0.214. The van der Waals surface area contributed by atoms with Crippen LogP contribution in [-0.4, -0.2) is 51.0 Å². The zero-order valence-corrected chi connectivity index (χ0v) is 17.7. The molecule has 3 rings (SSSR count). The molecule has 0 unspecified atom stereocenters. The molecule has 0 spiro atoms. The maximum Gasteiger partial charge on any atom is 0.294 e. The second-order valence-corrected chi connectivity index (χ2v) is 9.92. The van der Waals surface area contributed by atoms with Gasteiger partial charge in [-0.2, -0.15) is 8.42 Å². The zero-order valence-electron chi connectivity index (χ0n) is 13.6. The Kier molecular flexibility index (Phi) is 5.34. The van der Waals surface area contributed by atoms with Crippen LogP contribution in [0.4, 0.5) is 5.69 Å². The van der Waals surface area contributed by atoms with Crippen LogP contribution in [0.25, 0.3) is 0 Å². The molecule has 0 radical (unpaired) electrons. The Labute approximate surface area is 170 Å². The average Bonchev–Trinajstić information content (AvgIpc) is 3.02. The van der Waals surface area contributed by atoms with Gasteiger partial charge in [-0.15, -0.1) is 0 Å². The molecule has 26 heavy (non-hydrogen) atoms. The number of anilines is 1. The van der Waals surface area contributed by atoms with Crippen molar-refractivity contribution in [2.75, 3.05) is 18.6 Å². The summed E-state index contributed by atoms with van der Waals surface area (Å²) in [5.41, 5.74) is 0.459. The number of thioether (sulfide) groups is 2. The molecule has 1 amide bonds. The molecule has 0 atom stereocenters. The van der Waals surface area contributed by atoms with E-state index in [9.17, 15) is 17.8 Å². The van der Waals surface area contributed by atoms with E-state index in [0.29, 0.717) is 30.8 Å². The van der Waals surface area contributed by atoms with Crippen LogP contribution < -0.4 is 5.01 Å². The van der Waals surface area contributed by atoms with Crippen LogP contribution in [0.5, 0.6) is 0 Å². The number of hydrazine groups is 1. The van der Waals surface area contributed by atoms with Gasteiger partial charge in [0.1, 0.15) is 14.3 Å². The monoisotopic (exact) mass is 447 g/mol. The van der Waals surface area contributed by atoms with E-state index < -0.39 is 10.1 Å². The van der Waals surface area contributed by atoms with Crippen LogP contribution in [0.15, 0.2) is 39.1 Å². The van der Waals surface area contributed by atoms with E-state index in [-0.39, 0.29) is 10.8 Å². The van der Waals surface area contributed by atoms with Crippen LogP contribution in [0, 0.1) is 0 Å². The standard InChI is InChI=1S/C14H13N3O4S5/c1-3-16-11(18)10(24-13(16)22)12-15(2)17(14(23)25-12)8-5-4-6-9(7-8)26(19,20)21/h4-7H,3H2,1-2H3,(H,19,20,21)/b12-10-. The largest absolute Gasteiger partial charge is 0.294 e. The molecule has 2 aliphatic rings. The highest BCUT2D eigenvalue weighted by atomic mass is 32.2. The minimum atomic E-state index is -4.34. The van der Waals surface area contributed by atoms with Gasteiger partial charge >= 0.3 is 0 Å². The van der Waals surface area contributed by atoms with Gasteiger partial charge in [0.15, 0.2) is 4.32 Å². The Bertz CT molecular complexity index is 959. The van der Waals surface area contributed by atoms with Gasteiger partial charge in [0.25, 0.3) is 16.0 Å². The molecule has 7 nitrogen and oxygen atoms in total. The average molecular weight is 448 g/mol. The number of nitrogens with zero attached hydrogens (tertiary/aromatic N) is 3. The van der Waals surface area contributed by atoms with E-state index in [0.717, 1.165) is 0 Å². The Hall–Kier alpha value is -1.18. The highest BCUT2D eigenvalue weighted by Gasteiger charge is 2.40.